The first kappa shape index (κ1) is 11.2. The summed E-state index contributed by atoms with van der Waals surface area (Å²) in [4.78, 5) is 0. The van der Waals surface area contributed by atoms with Crippen LogP contribution >= 0.6 is 0 Å². The van der Waals surface area contributed by atoms with Crippen LogP contribution in [0.2, 0.25) is 0 Å². The predicted octanol–water partition coefficient (Wildman–Crippen LogP) is 2.11. The molecule has 0 aliphatic rings. The van der Waals surface area contributed by atoms with Gasteiger partial charge in [-0.1, -0.05) is 0 Å². The van der Waals surface area contributed by atoms with E-state index in [1.54, 1.807) is 22.7 Å². The highest BCUT2D eigenvalue weighted by Gasteiger charge is 2.13. The largest absolute Gasteiger partial charge is 0.507 e. The summed E-state index contributed by atoms with van der Waals surface area (Å²) in [6.45, 7) is 0. The van der Waals surface area contributed by atoms with E-state index in [0.29, 0.717) is 17.0 Å². The first-order valence-electron chi connectivity index (χ1n) is 5.43. The van der Waals surface area contributed by atoms with Crippen molar-refractivity contribution < 1.29 is 9.50 Å². The van der Waals surface area contributed by atoms with Gasteiger partial charge in [0.2, 0.25) is 0 Å². The van der Waals surface area contributed by atoms with Crippen LogP contribution in [0.25, 0.3) is 17.0 Å². The Morgan fingerprint density at radius 2 is 2.05 bits per heavy atom. The summed E-state index contributed by atoms with van der Waals surface area (Å²) in [6, 6.07) is 8.76. The van der Waals surface area contributed by atoms with E-state index in [9.17, 15) is 9.50 Å². The molecule has 2 heterocycles. The number of rotatable bonds is 1. The van der Waals surface area contributed by atoms with Crippen LogP contribution in [0.1, 0.15) is 5.56 Å². The van der Waals surface area contributed by atoms with Gasteiger partial charge in [0.1, 0.15) is 11.6 Å². The molecule has 0 atom stereocenters. The number of phenolic OH excluding ortho intramolecular Hbond substituents is 1. The van der Waals surface area contributed by atoms with Crippen molar-refractivity contribution in [2.75, 3.05) is 0 Å². The van der Waals surface area contributed by atoms with Crippen molar-refractivity contribution in [3.63, 3.8) is 0 Å². The van der Waals surface area contributed by atoms with Crippen LogP contribution < -0.4 is 0 Å². The zero-order chi connectivity index (χ0) is 13.4. The molecule has 0 radical (unpaired) electrons. The van der Waals surface area contributed by atoms with Crippen molar-refractivity contribution in [1.29, 1.82) is 5.26 Å². The minimum atomic E-state index is -0.474. The number of nitrogens with zero attached hydrogens (tertiary/aromatic N) is 4. The summed E-state index contributed by atoms with van der Waals surface area (Å²) >= 11 is 0. The maximum absolute atomic E-state index is 13.2. The Hall–Kier alpha value is -2.94. The van der Waals surface area contributed by atoms with Crippen LogP contribution in [0.5, 0.6) is 5.75 Å². The molecule has 0 amide bonds. The van der Waals surface area contributed by atoms with Crippen LogP contribution in [0.4, 0.5) is 4.39 Å². The van der Waals surface area contributed by atoms with Crippen molar-refractivity contribution in [3.8, 4) is 23.2 Å². The van der Waals surface area contributed by atoms with Gasteiger partial charge in [0.25, 0.3) is 0 Å². The molecule has 19 heavy (non-hydrogen) atoms. The zero-order valence-electron chi connectivity index (χ0n) is 9.58. The van der Waals surface area contributed by atoms with Gasteiger partial charge in [0.05, 0.1) is 17.2 Å². The number of fused-ring (bicyclic) bond motifs is 1. The molecule has 5 nitrogen and oxygen atoms in total. The standard InChI is InChI=1S/C13H7FN4O/c14-9-1-2-11(19)10(6-9)13-17-16-12-5-8(7-15)3-4-18(12)13/h1-6,19H. The van der Waals surface area contributed by atoms with Crippen LogP contribution in [-0.2, 0) is 0 Å². The Balaban J connectivity index is 2.26. The second kappa shape index (κ2) is 4.07. The first-order valence-corrected chi connectivity index (χ1v) is 5.43. The molecule has 0 aliphatic heterocycles. The van der Waals surface area contributed by atoms with Gasteiger partial charge in [0.15, 0.2) is 11.5 Å². The van der Waals surface area contributed by atoms with Crippen LogP contribution in [0.15, 0.2) is 36.5 Å². The quantitative estimate of drug-likeness (QED) is 0.721. The van der Waals surface area contributed by atoms with Crippen molar-refractivity contribution in [1.82, 2.24) is 14.6 Å². The number of aromatic nitrogens is 3. The van der Waals surface area contributed by atoms with Gasteiger partial charge < -0.3 is 5.11 Å². The lowest BCUT2D eigenvalue weighted by Gasteiger charge is -2.03. The molecule has 0 fully saturated rings. The molecular formula is C13H7FN4O. The van der Waals surface area contributed by atoms with Gasteiger partial charge >= 0.3 is 0 Å². The molecule has 1 aromatic carbocycles. The average Bonchev–Trinajstić information content (AvgIpc) is 2.84. The summed E-state index contributed by atoms with van der Waals surface area (Å²) in [7, 11) is 0. The Morgan fingerprint density at radius 1 is 1.21 bits per heavy atom. The van der Waals surface area contributed by atoms with E-state index < -0.39 is 5.82 Å². The zero-order valence-corrected chi connectivity index (χ0v) is 9.58. The summed E-state index contributed by atoms with van der Waals surface area (Å²) in [6.07, 6.45) is 1.60. The van der Waals surface area contributed by atoms with Crippen LogP contribution in [0, 0.1) is 17.1 Å². The highest BCUT2D eigenvalue weighted by atomic mass is 19.1. The Bertz CT molecular complexity index is 819. The average molecular weight is 254 g/mol. The minimum Gasteiger partial charge on any atom is -0.507 e. The van der Waals surface area contributed by atoms with E-state index in [1.807, 2.05) is 6.07 Å². The number of pyridine rings is 1. The lowest BCUT2D eigenvalue weighted by atomic mass is 10.2. The summed E-state index contributed by atoms with van der Waals surface area (Å²) in [5.74, 6) is -0.241. The summed E-state index contributed by atoms with van der Waals surface area (Å²) in [5.41, 5.74) is 1.16. The minimum absolute atomic E-state index is 0.0833. The Morgan fingerprint density at radius 3 is 2.84 bits per heavy atom. The summed E-state index contributed by atoms with van der Waals surface area (Å²) < 4.78 is 14.8. The molecule has 3 aromatic rings. The van der Waals surface area contributed by atoms with Crippen molar-refractivity contribution in [2.24, 2.45) is 0 Å². The number of benzene rings is 1. The third-order valence-electron chi connectivity index (χ3n) is 2.74. The maximum atomic E-state index is 13.2. The second-order valence-electron chi connectivity index (χ2n) is 3.94. The van der Waals surface area contributed by atoms with E-state index in [2.05, 4.69) is 10.2 Å². The third-order valence-corrected chi connectivity index (χ3v) is 2.74. The molecule has 0 aliphatic carbocycles. The molecule has 2 aromatic heterocycles. The first-order chi connectivity index (χ1) is 9.19. The van der Waals surface area contributed by atoms with Crippen LogP contribution in [-0.4, -0.2) is 19.7 Å². The van der Waals surface area contributed by atoms with Gasteiger partial charge in [-0.05, 0) is 24.3 Å². The number of halogens is 1. The third kappa shape index (κ3) is 1.77. The molecule has 0 spiro atoms. The fourth-order valence-corrected chi connectivity index (χ4v) is 1.83. The molecule has 92 valence electrons. The van der Waals surface area contributed by atoms with Gasteiger partial charge in [-0.2, -0.15) is 5.26 Å². The predicted molar refractivity (Wildman–Crippen MR) is 64.8 cm³/mol. The Labute approximate surface area is 107 Å². The fourth-order valence-electron chi connectivity index (χ4n) is 1.83. The molecule has 0 unspecified atom stereocenters. The van der Waals surface area contributed by atoms with Gasteiger partial charge in [-0.15, -0.1) is 10.2 Å². The second-order valence-corrected chi connectivity index (χ2v) is 3.94. The normalized spacial score (nSPS) is 10.5. The number of aromatic hydroxyl groups is 1. The van der Waals surface area contributed by atoms with Gasteiger partial charge in [0, 0.05) is 12.3 Å². The number of phenols is 1. The number of hydrogen-bond donors (Lipinski definition) is 1. The van der Waals surface area contributed by atoms with E-state index in [1.165, 1.54) is 12.1 Å². The number of nitriles is 1. The highest BCUT2D eigenvalue weighted by Crippen LogP contribution is 2.28. The molecule has 0 bridgehead atoms. The molecule has 0 saturated heterocycles. The van der Waals surface area contributed by atoms with E-state index in [4.69, 9.17) is 5.26 Å². The molecule has 0 saturated carbocycles. The topological polar surface area (TPSA) is 74.2 Å². The van der Waals surface area contributed by atoms with E-state index in [-0.39, 0.29) is 11.3 Å². The molecule has 3 rings (SSSR count). The van der Waals surface area contributed by atoms with E-state index in [0.717, 1.165) is 6.07 Å². The highest BCUT2D eigenvalue weighted by molar-refractivity contribution is 5.66. The summed E-state index contributed by atoms with van der Waals surface area (Å²) in [5, 5.41) is 26.4. The monoisotopic (exact) mass is 254 g/mol. The van der Waals surface area contributed by atoms with E-state index >= 15 is 0 Å². The smallest absolute Gasteiger partial charge is 0.172 e. The Kier molecular flexibility index (Phi) is 2.39. The fraction of sp³-hybridized carbons (Fsp3) is 0. The maximum Gasteiger partial charge on any atom is 0.172 e. The SMILES string of the molecule is N#Cc1ccn2c(-c3cc(F)ccc3O)nnc2c1. The van der Waals surface area contributed by atoms with Crippen molar-refractivity contribution >= 4 is 5.65 Å². The van der Waals surface area contributed by atoms with Crippen molar-refractivity contribution in [3.05, 3.63) is 47.9 Å². The number of hydrogen-bond acceptors (Lipinski definition) is 4. The molecular weight excluding hydrogens is 247 g/mol. The van der Waals surface area contributed by atoms with Crippen LogP contribution in [0.3, 0.4) is 0 Å². The van der Waals surface area contributed by atoms with Gasteiger partial charge in [-0.3, -0.25) is 4.40 Å². The lowest BCUT2D eigenvalue weighted by molar-refractivity contribution is 0.474. The molecule has 6 heteroatoms. The van der Waals surface area contributed by atoms with Gasteiger partial charge in [-0.25, -0.2) is 4.39 Å². The molecule has 1 N–H and O–H groups in total. The van der Waals surface area contributed by atoms with Crippen molar-refractivity contribution in [2.45, 2.75) is 0 Å². The lowest BCUT2D eigenvalue weighted by Crippen LogP contribution is -1.91.